The van der Waals surface area contributed by atoms with Gasteiger partial charge < -0.3 is 19.5 Å². The van der Waals surface area contributed by atoms with Crippen LogP contribution in [0.5, 0.6) is 0 Å². The summed E-state index contributed by atoms with van der Waals surface area (Å²) in [5.74, 6) is 3.12. The number of fused-ring (bicyclic) bond motifs is 1. The van der Waals surface area contributed by atoms with E-state index in [1.807, 2.05) is 0 Å². The van der Waals surface area contributed by atoms with E-state index in [1.165, 1.54) is 19.3 Å². The fourth-order valence-corrected chi connectivity index (χ4v) is 3.70. The van der Waals surface area contributed by atoms with Crippen molar-refractivity contribution in [1.29, 1.82) is 0 Å². The van der Waals surface area contributed by atoms with E-state index in [-0.39, 0.29) is 24.0 Å². The van der Waals surface area contributed by atoms with Crippen molar-refractivity contribution in [3.05, 3.63) is 11.6 Å². The van der Waals surface area contributed by atoms with Gasteiger partial charge in [0.1, 0.15) is 12.4 Å². The number of aliphatic imine (C=N–C) groups is 1. The summed E-state index contributed by atoms with van der Waals surface area (Å²) in [7, 11) is 0. The van der Waals surface area contributed by atoms with E-state index < -0.39 is 0 Å². The smallest absolute Gasteiger partial charge is 0.194 e. The van der Waals surface area contributed by atoms with Gasteiger partial charge in [0.25, 0.3) is 0 Å². The van der Waals surface area contributed by atoms with Crippen LogP contribution in [0, 0.1) is 0 Å². The van der Waals surface area contributed by atoms with E-state index >= 15 is 0 Å². The highest BCUT2D eigenvalue weighted by Crippen LogP contribution is 2.16. The lowest BCUT2D eigenvalue weighted by atomic mass is 10.1. The van der Waals surface area contributed by atoms with E-state index in [4.69, 9.17) is 9.73 Å². The molecule has 0 spiro atoms. The molecule has 3 rings (SSSR count). The van der Waals surface area contributed by atoms with Gasteiger partial charge in [-0.1, -0.05) is 6.42 Å². The van der Waals surface area contributed by atoms with Gasteiger partial charge >= 0.3 is 0 Å². The van der Waals surface area contributed by atoms with Crippen LogP contribution in [0.15, 0.2) is 4.99 Å². The summed E-state index contributed by atoms with van der Waals surface area (Å²) >= 11 is 0. The standard InChI is InChI=1S/C18H32N6O.HI/c1-3-19-18(23-12-9-15(10-13-23)25-4-2)20-14-17-22-21-16-8-6-5-7-11-24(16)17;/h15H,3-14H2,1-2H3,(H,19,20);1H. The summed E-state index contributed by atoms with van der Waals surface area (Å²) in [5.41, 5.74) is 0. The van der Waals surface area contributed by atoms with Gasteiger partial charge in [0, 0.05) is 39.2 Å². The topological polar surface area (TPSA) is 67.6 Å². The molecule has 0 saturated carbocycles. The zero-order chi connectivity index (χ0) is 17.5. The number of likely N-dealkylation sites (tertiary alicyclic amines) is 1. The normalized spacial score (nSPS) is 18.8. The van der Waals surface area contributed by atoms with E-state index in [0.717, 1.165) is 69.7 Å². The average Bonchev–Trinajstić information content (AvgIpc) is 2.86. The van der Waals surface area contributed by atoms with Gasteiger partial charge in [0.15, 0.2) is 11.8 Å². The molecular weight excluding hydrogens is 443 g/mol. The Morgan fingerprint density at radius 3 is 2.69 bits per heavy atom. The Morgan fingerprint density at radius 2 is 1.96 bits per heavy atom. The van der Waals surface area contributed by atoms with Crippen LogP contribution in [0.4, 0.5) is 0 Å². The molecule has 26 heavy (non-hydrogen) atoms. The van der Waals surface area contributed by atoms with Gasteiger partial charge in [0.2, 0.25) is 0 Å². The van der Waals surface area contributed by atoms with Crippen LogP contribution in [-0.2, 0) is 24.2 Å². The maximum atomic E-state index is 5.76. The highest BCUT2D eigenvalue weighted by atomic mass is 127. The Hall–Kier alpha value is -0.900. The molecule has 2 aliphatic rings. The molecule has 0 bridgehead atoms. The molecule has 148 valence electrons. The number of aryl methyl sites for hydroxylation is 1. The number of rotatable bonds is 5. The van der Waals surface area contributed by atoms with Crippen LogP contribution in [0.1, 0.15) is 57.6 Å². The Labute approximate surface area is 174 Å². The summed E-state index contributed by atoms with van der Waals surface area (Å²) in [5, 5.41) is 12.2. The highest BCUT2D eigenvalue weighted by Gasteiger charge is 2.22. The van der Waals surface area contributed by atoms with Crippen LogP contribution < -0.4 is 5.32 Å². The lowest BCUT2D eigenvalue weighted by molar-refractivity contribution is 0.0263. The molecule has 1 fully saturated rings. The number of halogens is 1. The van der Waals surface area contributed by atoms with Crippen LogP contribution >= 0.6 is 24.0 Å². The molecule has 0 aromatic carbocycles. The van der Waals surface area contributed by atoms with Gasteiger partial charge in [-0.2, -0.15) is 0 Å². The van der Waals surface area contributed by atoms with Crippen molar-refractivity contribution in [3.8, 4) is 0 Å². The van der Waals surface area contributed by atoms with Crippen molar-refractivity contribution in [3.63, 3.8) is 0 Å². The number of hydrogen-bond acceptors (Lipinski definition) is 4. The first-order valence-corrected chi connectivity index (χ1v) is 9.87. The van der Waals surface area contributed by atoms with Crippen molar-refractivity contribution >= 4 is 29.9 Å². The zero-order valence-corrected chi connectivity index (χ0v) is 18.4. The Kier molecular flexibility index (Phi) is 9.10. The second kappa shape index (κ2) is 11.1. The molecule has 0 unspecified atom stereocenters. The lowest BCUT2D eigenvalue weighted by Crippen LogP contribution is -2.47. The molecular formula is C18H33IN6O. The number of nitrogens with zero attached hydrogens (tertiary/aromatic N) is 5. The third kappa shape index (κ3) is 5.55. The number of nitrogens with one attached hydrogen (secondary N) is 1. The summed E-state index contributed by atoms with van der Waals surface area (Å²) in [4.78, 5) is 7.20. The maximum absolute atomic E-state index is 5.76. The van der Waals surface area contributed by atoms with Crippen LogP contribution in [-0.4, -0.2) is 58.0 Å². The number of aromatic nitrogens is 3. The van der Waals surface area contributed by atoms with Gasteiger partial charge in [-0.25, -0.2) is 4.99 Å². The van der Waals surface area contributed by atoms with Crippen LogP contribution in [0.25, 0.3) is 0 Å². The SMILES string of the molecule is CCNC(=NCc1nnc2n1CCCCC2)N1CCC(OCC)CC1.I. The van der Waals surface area contributed by atoms with Crippen molar-refractivity contribution in [1.82, 2.24) is 25.0 Å². The third-order valence-corrected chi connectivity index (χ3v) is 5.04. The summed E-state index contributed by atoms with van der Waals surface area (Å²) in [6.45, 7) is 9.48. The molecule has 8 heteroatoms. The molecule has 1 N–H and O–H groups in total. The molecule has 1 aromatic rings. The van der Waals surface area contributed by atoms with Gasteiger partial charge in [0.05, 0.1) is 6.10 Å². The zero-order valence-electron chi connectivity index (χ0n) is 16.1. The minimum Gasteiger partial charge on any atom is -0.378 e. The van der Waals surface area contributed by atoms with Crippen molar-refractivity contribution in [2.24, 2.45) is 4.99 Å². The molecule has 3 heterocycles. The Morgan fingerprint density at radius 1 is 1.15 bits per heavy atom. The maximum Gasteiger partial charge on any atom is 0.194 e. The molecule has 0 aliphatic carbocycles. The largest absolute Gasteiger partial charge is 0.378 e. The van der Waals surface area contributed by atoms with Gasteiger partial charge in [-0.15, -0.1) is 34.2 Å². The number of hydrogen-bond donors (Lipinski definition) is 1. The number of ether oxygens (including phenoxy) is 1. The highest BCUT2D eigenvalue weighted by molar-refractivity contribution is 14.0. The minimum atomic E-state index is 0. The van der Waals surface area contributed by atoms with E-state index in [1.54, 1.807) is 0 Å². The monoisotopic (exact) mass is 476 g/mol. The van der Waals surface area contributed by atoms with Crippen molar-refractivity contribution in [2.75, 3.05) is 26.2 Å². The van der Waals surface area contributed by atoms with E-state index in [0.29, 0.717) is 12.6 Å². The first-order chi connectivity index (χ1) is 12.3. The second-order valence-electron chi connectivity index (χ2n) is 6.81. The van der Waals surface area contributed by atoms with Crippen molar-refractivity contribution < 1.29 is 4.74 Å². The predicted molar refractivity (Wildman–Crippen MR) is 114 cm³/mol. The Bertz CT molecular complexity index is 568. The Balaban J connectivity index is 0.00000243. The first-order valence-electron chi connectivity index (χ1n) is 9.87. The molecule has 0 amide bonds. The fourth-order valence-electron chi connectivity index (χ4n) is 3.70. The third-order valence-electron chi connectivity index (χ3n) is 5.04. The molecule has 0 radical (unpaired) electrons. The van der Waals surface area contributed by atoms with Crippen molar-refractivity contribution in [2.45, 2.75) is 71.6 Å². The molecule has 2 aliphatic heterocycles. The fraction of sp³-hybridized carbons (Fsp3) is 0.833. The van der Waals surface area contributed by atoms with E-state index in [9.17, 15) is 0 Å². The molecule has 1 saturated heterocycles. The lowest BCUT2D eigenvalue weighted by Gasteiger charge is -2.34. The quantitative estimate of drug-likeness (QED) is 0.402. The van der Waals surface area contributed by atoms with Crippen LogP contribution in [0.3, 0.4) is 0 Å². The van der Waals surface area contributed by atoms with Crippen LogP contribution in [0.2, 0.25) is 0 Å². The average molecular weight is 476 g/mol. The van der Waals surface area contributed by atoms with Gasteiger partial charge in [-0.05, 0) is 39.5 Å². The molecule has 0 atom stereocenters. The predicted octanol–water partition coefficient (Wildman–Crippen LogP) is 2.59. The first kappa shape index (κ1) is 21.4. The molecule has 1 aromatic heterocycles. The summed E-state index contributed by atoms with van der Waals surface area (Å²) in [6.07, 6.45) is 7.30. The van der Waals surface area contributed by atoms with E-state index in [2.05, 4.69) is 38.8 Å². The minimum absolute atomic E-state index is 0. The number of piperidine rings is 1. The summed E-state index contributed by atoms with van der Waals surface area (Å²) < 4.78 is 8.03. The second-order valence-corrected chi connectivity index (χ2v) is 6.81. The van der Waals surface area contributed by atoms with Gasteiger partial charge in [-0.3, -0.25) is 0 Å². The summed E-state index contributed by atoms with van der Waals surface area (Å²) in [6, 6.07) is 0. The molecule has 7 nitrogen and oxygen atoms in total. The number of guanidine groups is 1.